The predicted octanol–water partition coefficient (Wildman–Crippen LogP) is 0.686. The molecular formula is C13H21N3O3S. The smallest absolute Gasteiger partial charge is 0.232 e. The lowest BCUT2D eigenvalue weighted by Crippen LogP contribution is -2.39. The van der Waals surface area contributed by atoms with Gasteiger partial charge in [0.15, 0.2) is 0 Å². The molecule has 112 valence electrons. The van der Waals surface area contributed by atoms with Crippen molar-refractivity contribution in [3.05, 3.63) is 29.8 Å². The van der Waals surface area contributed by atoms with Crippen molar-refractivity contribution in [1.82, 2.24) is 4.31 Å². The van der Waals surface area contributed by atoms with Crippen LogP contribution in [0.15, 0.2) is 24.3 Å². The van der Waals surface area contributed by atoms with Crippen molar-refractivity contribution in [3.8, 4) is 0 Å². The fraction of sp³-hybridized carbons (Fsp3) is 0.462. The van der Waals surface area contributed by atoms with Crippen molar-refractivity contribution >= 4 is 21.6 Å². The maximum absolute atomic E-state index is 12.4. The molecular weight excluding hydrogens is 278 g/mol. The quantitative estimate of drug-likeness (QED) is 0.688. The van der Waals surface area contributed by atoms with Crippen molar-refractivity contribution in [3.63, 3.8) is 0 Å². The molecule has 1 aromatic carbocycles. The van der Waals surface area contributed by atoms with Crippen LogP contribution in [-0.2, 0) is 20.6 Å². The van der Waals surface area contributed by atoms with E-state index in [1.54, 1.807) is 24.3 Å². The summed E-state index contributed by atoms with van der Waals surface area (Å²) in [6.07, 6.45) is 1.51. The van der Waals surface area contributed by atoms with Crippen LogP contribution >= 0.6 is 0 Å². The number of unbranched alkanes of at least 4 members (excludes halogenated alkanes) is 1. The molecule has 0 radical (unpaired) electrons. The fourth-order valence-electron chi connectivity index (χ4n) is 1.78. The molecule has 0 bridgehead atoms. The molecule has 0 saturated carbocycles. The highest BCUT2D eigenvalue weighted by Crippen LogP contribution is 2.17. The zero-order valence-corrected chi connectivity index (χ0v) is 12.4. The van der Waals surface area contributed by atoms with Crippen LogP contribution in [0, 0.1) is 0 Å². The highest BCUT2D eigenvalue weighted by atomic mass is 32.2. The fourth-order valence-corrected chi connectivity index (χ4v) is 3.35. The molecule has 0 spiro atoms. The van der Waals surface area contributed by atoms with E-state index in [2.05, 4.69) is 0 Å². The van der Waals surface area contributed by atoms with Crippen molar-refractivity contribution in [2.75, 3.05) is 18.8 Å². The number of hydrogen-bond donors (Lipinski definition) is 2. The Morgan fingerprint density at radius 3 is 2.50 bits per heavy atom. The van der Waals surface area contributed by atoms with E-state index in [-0.39, 0.29) is 18.8 Å². The summed E-state index contributed by atoms with van der Waals surface area (Å²) in [4.78, 5) is 11.0. The molecule has 0 heterocycles. The number of nitrogen functional groups attached to an aromatic ring is 1. The normalized spacial score (nSPS) is 11.7. The Morgan fingerprint density at radius 2 is 1.95 bits per heavy atom. The summed E-state index contributed by atoms with van der Waals surface area (Å²) in [5.41, 5.74) is 11.8. The number of rotatable bonds is 8. The molecule has 20 heavy (non-hydrogen) atoms. The molecule has 0 fully saturated rings. The number of benzene rings is 1. The Balaban J connectivity index is 2.92. The minimum absolute atomic E-state index is 0.226. The van der Waals surface area contributed by atoms with E-state index >= 15 is 0 Å². The number of para-hydroxylation sites is 1. The number of sulfonamides is 1. The van der Waals surface area contributed by atoms with Gasteiger partial charge in [-0.1, -0.05) is 31.5 Å². The van der Waals surface area contributed by atoms with Gasteiger partial charge in [0.25, 0.3) is 0 Å². The maximum atomic E-state index is 12.4. The molecule has 4 N–H and O–H groups in total. The first kappa shape index (κ1) is 16.5. The minimum atomic E-state index is -3.61. The van der Waals surface area contributed by atoms with Crippen molar-refractivity contribution in [2.45, 2.75) is 25.5 Å². The van der Waals surface area contributed by atoms with E-state index in [0.29, 0.717) is 17.7 Å². The molecule has 0 aromatic heterocycles. The SMILES string of the molecule is CCCCN(CC(N)=O)S(=O)(=O)Cc1ccccc1N. The van der Waals surface area contributed by atoms with Crippen molar-refractivity contribution in [1.29, 1.82) is 0 Å². The van der Waals surface area contributed by atoms with Gasteiger partial charge in [-0.25, -0.2) is 8.42 Å². The van der Waals surface area contributed by atoms with E-state index in [9.17, 15) is 13.2 Å². The van der Waals surface area contributed by atoms with E-state index in [1.165, 1.54) is 0 Å². The van der Waals surface area contributed by atoms with Crippen LogP contribution in [0.1, 0.15) is 25.3 Å². The van der Waals surface area contributed by atoms with E-state index < -0.39 is 15.9 Å². The van der Waals surface area contributed by atoms with Crippen molar-refractivity contribution < 1.29 is 13.2 Å². The molecule has 0 unspecified atom stereocenters. The Hall–Kier alpha value is -1.60. The Kier molecular flexibility index (Phi) is 5.97. The third-order valence-corrected chi connectivity index (χ3v) is 4.65. The zero-order chi connectivity index (χ0) is 15.2. The van der Waals surface area contributed by atoms with Crippen LogP contribution in [0.25, 0.3) is 0 Å². The van der Waals surface area contributed by atoms with E-state index in [0.717, 1.165) is 10.7 Å². The molecule has 0 aliphatic carbocycles. The summed E-state index contributed by atoms with van der Waals surface area (Å²) >= 11 is 0. The third kappa shape index (κ3) is 4.82. The average molecular weight is 299 g/mol. The van der Waals surface area contributed by atoms with Gasteiger partial charge in [0.05, 0.1) is 12.3 Å². The lowest BCUT2D eigenvalue weighted by atomic mass is 10.2. The van der Waals surface area contributed by atoms with E-state index in [4.69, 9.17) is 11.5 Å². The van der Waals surface area contributed by atoms with Gasteiger partial charge < -0.3 is 11.5 Å². The Labute approximate surface area is 119 Å². The second-order valence-electron chi connectivity index (χ2n) is 4.61. The highest BCUT2D eigenvalue weighted by molar-refractivity contribution is 7.88. The standard InChI is InChI=1S/C13H21N3O3S/c1-2-3-8-16(9-13(15)17)20(18,19)10-11-6-4-5-7-12(11)14/h4-7H,2-3,8-10,14H2,1H3,(H2,15,17). The molecule has 7 heteroatoms. The number of primary amides is 1. The van der Waals surface area contributed by atoms with Gasteiger partial charge >= 0.3 is 0 Å². The number of nitrogens with zero attached hydrogens (tertiary/aromatic N) is 1. The summed E-state index contributed by atoms with van der Waals surface area (Å²) in [5, 5.41) is 0. The lowest BCUT2D eigenvalue weighted by Gasteiger charge is -2.21. The van der Waals surface area contributed by atoms with Crippen LogP contribution in [0.5, 0.6) is 0 Å². The molecule has 0 aliphatic rings. The van der Waals surface area contributed by atoms with Gasteiger partial charge in [-0.2, -0.15) is 4.31 Å². The molecule has 6 nitrogen and oxygen atoms in total. The molecule has 0 saturated heterocycles. The topological polar surface area (TPSA) is 106 Å². The predicted molar refractivity (Wildman–Crippen MR) is 79.2 cm³/mol. The summed E-state index contributed by atoms with van der Waals surface area (Å²) in [6, 6.07) is 6.78. The van der Waals surface area contributed by atoms with Crippen LogP contribution in [0.4, 0.5) is 5.69 Å². The second-order valence-corrected chi connectivity index (χ2v) is 6.58. The van der Waals surface area contributed by atoms with Crippen LogP contribution in [-0.4, -0.2) is 31.7 Å². The zero-order valence-electron chi connectivity index (χ0n) is 11.6. The summed E-state index contributed by atoms with van der Waals surface area (Å²) in [5.74, 6) is -0.887. The van der Waals surface area contributed by atoms with E-state index in [1.807, 2.05) is 6.92 Å². The van der Waals surface area contributed by atoms with Gasteiger partial charge in [-0.15, -0.1) is 0 Å². The lowest BCUT2D eigenvalue weighted by molar-refractivity contribution is -0.118. The molecule has 1 aromatic rings. The molecule has 1 amide bonds. The number of carbonyl (C=O) groups excluding carboxylic acids is 1. The Morgan fingerprint density at radius 1 is 1.30 bits per heavy atom. The first-order valence-corrected chi connectivity index (χ1v) is 8.07. The Bertz CT molecular complexity index is 558. The highest BCUT2D eigenvalue weighted by Gasteiger charge is 2.24. The monoisotopic (exact) mass is 299 g/mol. The van der Waals surface area contributed by atoms with Crippen LogP contribution in [0.3, 0.4) is 0 Å². The van der Waals surface area contributed by atoms with Crippen LogP contribution < -0.4 is 11.5 Å². The molecule has 0 atom stereocenters. The van der Waals surface area contributed by atoms with Gasteiger partial charge in [0, 0.05) is 12.2 Å². The van der Waals surface area contributed by atoms with Crippen molar-refractivity contribution in [2.24, 2.45) is 5.73 Å². The first-order chi connectivity index (χ1) is 9.36. The van der Waals surface area contributed by atoms with Gasteiger partial charge in [0.2, 0.25) is 15.9 Å². The number of hydrogen-bond acceptors (Lipinski definition) is 4. The molecule has 1 rings (SSSR count). The number of carbonyl (C=O) groups is 1. The largest absolute Gasteiger partial charge is 0.398 e. The van der Waals surface area contributed by atoms with Gasteiger partial charge in [-0.3, -0.25) is 4.79 Å². The summed E-state index contributed by atoms with van der Waals surface area (Å²) < 4.78 is 25.8. The number of nitrogens with two attached hydrogens (primary N) is 2. The minimum Gasteiger partial charge on any atom is -0.398 e. The summed E-state index contributed by atoms with van der Waals surface area (Å²) in [6.45, 7) is 1.94. The van der Waals surface area contributed by atoms with Crippen LogP contribution in [0.2, 0.25) is 0 Å². The third-order valence-electron chi connectivity index (χ3n) is 2.88. The van der Waals surface area contributed by atoms with Gasteiger partial charge in [0.1, 0.15) is 0 Å². The summed E-state index contributed by atoms with van der Waals surface area (Å²) in [7, 11) is -3.61. The number of anilines is 1. The first-order valence-electron chi connectivity index (χ1n) is 6.46. The molecule has 0 aliphatic heterocycles. The average Bonchev–Trinajstić information content (AvgIpc) is 2.36. The van der Waals surface area contributed by atoms with Gasteiger partial charge in [-0.05, 0) is 18.1 Å². The maximum Gasteiger partial charge on any atom is 0.232 e. The number of amides is 1. The second kappa shape index (κ2) is 7.25.